The van der Waals surface area contributed by atoms with Gasteiger partial charge in [-0.2, -0.15) is 0 Å². The van der Waals surface area contributed by atoms with Gasteiger partial charge >= 0.3 is 0 Å². The van der Waals surface area contributed by atoms with E-state index in [1.807, 2.05) is 13.8 Å². The van der Waals surface area contributed by atoms with Gasteiger partial charge in [0.2, 0.25) is 0 Å². The lowest BCUT2D eigenvalue weighted by Gasteiger charge is -2.25. The predicted octanol–water partition coefficient (Wildman–Crippen LogP) is 4.06. The first-order valence-electron chi connectivity index (χ1n) is 5.81. The third kappa shape index (κ3) is 4.78. The minimum atomic E-state index is -0.122. The molecule has 0 heterocycles. The summed E-state index contributed by atoms with van der Waals surface area (Å²) in [7, 11) is 0. The highest BCUT2D eigenvalue weighted by molar-refractivity contribution is 5.85. The molecule has 0 radical (unpaired) electrons. The zero-order valence-electron chi connectivity index (χ0n) is 10.7. The summed E-state index contributed by atoms with van der Waals surface area (Å²) in [4.78, 5) is 11.8. The Bertz CT molecular complexity index is 178. The number of hydrogen-bond acceptors (Lipinski definition) is 1. The molecule has 1 nitrogen and oxygen atoms in total. The second-order valence-corrected chi connectivity index (χ2v) is 5.69. The average molecular weight is 198 g/mol. The summed E-state index contributed by atoms with van der Waals surface area (Å²) < 4.78 is 0. The first-order chi connectivity index (χ1) is 6.27. The Morgan fingerprint density at radius 3 is 2.00 bits per heavy atom. The van der Waals surface area contributed by atoms with E-state index in [1.54, 1.807) is 0 Å². The van der Waals surface area contributed by atoms with Gasteiger partial charge in [-0.05, 0) is 12.3 Å². The zero-order valence-corrected chi connectivity index (χ0v) is 10.7. The average Bonchev–Trinajstić information content (AvgIpc) is 2.01. The van der Waals surface area contributed by atoms with Crippen molar-refractivity contribution in [2.24, 2.45) is 17.3 Å². The van der Waals surface area contributed by atoms with Crippen molar-refractivity contribution in [1.82, 2.24) is 0 Å². The second-order valence-electron chi connectivity index (χ2n) is 5.69. The molecule has 0 saturated heterocycles. The van der Waals surface area contributed by atoms with Crippen LogP contribution in [0.25, 0.3) is 0 Å². The van der Waals surface area contributed by atoms with Crippen LogP contribution in [0.1, 0.15) is 60.8 Å². The molecule has 0 unspecified atom stereocenters. The molecule has 0 atom stereocenters. The molecule has 0 bridgehead atoms. The molecule has 0 aromatic heterocycles. The molecule has 0 aliphatic carbocycles. The Kier molecular flexibility index (Phi) is 5.40. The maximum absolute atomic E-state index is 11.8. The summed E-state index contributed by atoms with van der Waals surface area (Å²) in [5.74, 6) is 1.32. The van der Waals surface area contributed by atoms with Crippen molar-refractivity contribution in [1.29, 1.82) is 0 Å². The highest BCUT2D eigenvalue weighted by atomic mass is 16.1. The van der Waals surface area contributed by atoms with Crippen molar-refractivity contribution in [3.63, 3.8) is 0 Å². The summed E-state index contributed by atoms with van der Waals surface area (Å²) >= 11 is 0. The number of carbonyl (C=O) groups excluding carboxylic acids is 1. The van der Waals surface area contributed by atoms with Crippen LogP contribution in [0.3, 0.4) is 0 Å². The molecule has 0 aliphatic rings. The Hall–Kier alpha value is -0.330. The van der Waals surface area contributed by atoms with Gasteiger partial charge in [0.15, 0.2) is 0 Å². The van der Waals surface area contributed by atoms with Crippen LogP contribution in [0.2, 0.25) is 0 Å². The molecule has 0 aromatic rings. The number of Topliss-reactive ketones (excluding diaryl/α,β-unsaturated/α-hetero) is 1. The molecule has 0 fully saturated rings. The van der Waals surface area contributed by atoms with Gasteiger partial charge in [0, 0.05) is 11.3 Å². The molecular weight excluding hydrogens is 172 g/mol. The monoisotopic (exact) mass is 198 g/mol. The van der Waals surface area contributed by atoms with Crippen molar-refractivity contribution in [2.45, 2.75) is 60.8 Å². The van der Waals surface area contributed by atoms with E-state index in [2.05, 4.69) is 27.7 Å². The van der Waals surface area contributed by atoms with Crippen LogP contribution in [0.4, 0.5) is 0 Å². The number of hydrogen-bond donors (Lipinski definition) is 0. The lowest BCUT2D eigenvalue weighted by Crippen LogP contribution is -2.28. The summed E-state index contributed by atoms with van der Waals surface area (Å²) in [6, 6.07) is 0. The van der Waals surface area contributed by atoms with Crippen LogP contribution in [0, 0.1) is 17.3 Å². The fourth-order valence-corrected chi connectivity index (χ4v) is 1.86. The van der Waals surface area contributed by atoms with Crippen LogP contribution < -0.4 is 0 Å². The van der Waals surface area contributed by atoms with Crippen molar-refractivity contribution in [3.8, 4) is 0 Å². The fourth-order valence-electron chi connectivity index (χ4n) is 1.86. The molecule has 0 aliphatic heterocycles. The molecule has 0 aromatic carbocycles. The van der Waals surface area contributed by atoms with Gasteiger partial charge in [0.25, 0.3) is 0 Å². The van der Waals surface area contributed by atoms with Gasteiger partial charge in [-0.3, -0.25) is 4.79 Å². The quantitative estimate of drug-likeness (QED) is 0.629. The largest absolute Gasteiger partial charge is 0.299 e. The smallest absolute Gasteiger partial charge is 0.140 e. The van der Waals surface area contributed by atoms with E-state index in [0.29, 0.717) is 5.78 Å². The number of carbonyl (C=O) groups is 1. The van der Waals surface area contributed by atoms with Crippen LogP contribution in [-0.2, 0) is 4.79 Å². The lowest BCUT2D eigenvalue weighted by atomic mass is 9.78. The molecule has 0 amide bonds. The van der Waals surface area contributed by atoms with E-state index in [1.165, 1.54) is 12.8 Å². The molecule has 0 rings (SSSR count). The Balaban J connectivity index is 4.01. The Labute approximate surface area is 89.3 Å². The maximum atomic E-state index is 11.8. The first kappa shape index (κ1) is 13.7. The van der Waals surface area contributed by atoms with Gasteiger partial charge in [0.1, 0.15) is 5.78 Å². The van der Waals surface area contributed by atoms with Crippen molar-refractivity contribution < 1.29 is 4.79 Å². The third-order valence-electron chi connectivity index (χ3n) is 2.77. The summed E-state index contributed by atoms with van der Waals surface area (Å²) in [5, 5.41) is 0. The standard InChI is InChI=1S/C13H26O/c1-10(2)8-7-9-13(5,6)12(14)11(3)4/h10-11H,7-9H2,1-6H3. The van der Waals surface area contributed by atoms with Crippen molar-refractivity contribution >= 4 is 5.78 Å². The Morgan fingerprint density at radius 2 is 1.64 bits per heavy atom. The van der Waals surface area contributed by atoms with E-state index in [9.17, 15) is 4.79 Å². The second kappa shape index (κ2) is 5.53. The van der Waals surface area contributed by atoms with Gasteiger partial charge in [-0.25, -0.2) is 0 Å². The van der Waals surface area contributed by atoms with E-state index in [-0.39, 0.29) is 11.3 Å². The highest BCUT2D eigenvalue weighted by Gasteiger charge is 2.28. The van der Waals surface area contributed by atoms with Crippen LogP contribution in [0.15, 0.2) is 0 Å². The molecule has 0 spiro atoms. The molecule has 14 heavy (non-hydrogen) atoms. The van der Waals surface area contributed by atoms with Gasteiger partial charge < -0.3 is 0 Å². The molecule has 84 valence electrons. The van der Waals surface area contributed by atoms with Gasteiger partial charge in [-0.15, -0.1) is 0 Å². The zero-order chi connectivity index (χ0) is 11.4. The molecule has 0 N–H and O–H groups in total. The van der Waals surface area contributed by atoms with Gasteiger partial charge in [-0.1, -0.05) is 54.4 Å². The third-order valence-corrected chi connectivity index (χ3v) is 2.77. The van der Waals surface area contributed by atoms with Crippen molar-refractivity contribution in [2.75, 3.05) is 0 Å². The molecule has 0 saturated carbocycles. The van der Waals surface area contributed by atoms with E-state index < -0.39 is 0 Å². The first-order valence-corrected chi connectivity index (χ1v) is 5.81. The Morgan fingerprint density at radius 1 is 1.14 bits per heavy atom. The molecule has 1 heteroatoms. The highest BCUT2D eigenvalue weighted by Crippen LogP contribution is 2.28. The number of ketones is 1. The molecular formula is C13H26O. The van der Waals surface area contributed by atoms with E-state index >= 15 is 0 Å². The number of rotatable bonds is 6. The van der Waals surface area contributed by atoms with Gasteiger partial charge in [0.05, 0.1) is 0 Å². The SMILES string of the molecule is CC(C)CCCC(C)(C)C(=O)C(C)C. The normalized spacial score (nSPS) is 12.6. The van der Waals surface area contributed by atoms with E-state index in [0.717, 1.165) is 12.3 Å². The maximum Gasteiger partial charge on any atom is 0.140 e. The summed E-state index contributed by atoms with van der Waals surface area (Å²) in [6.07, 6.45) is 3.43. The van der Waals surface area contributed by atoms with Crippen LogP contribution in [-0.4, -0.2) is 5.78 Å². The van der Waals surface area contributed by atoms with Crippen molar-refractivity contribution in [3.05, 3.63) is 0 Å². The minimum Gasteiger partial charge on any atom is -0.299 e. The predicted molar refractivity (Wildman–Crippen MR) is 62.3 cm³/mol. The topological polar surface area (TPSA) is 17.1 Å². The summed E-state index contributed by atoms with van der Waals surface area (Å²) in [5.41, 5.74) is -0.122. The van der Waals surface area contributed by atoms with E-state index in [4.69, 9.17) is 0 Å². The minimum absolute atomic E-state index is 0.122. The lowest BCUT2D eigenvalue weighted by molar-refractivity contribution is -0.130. The summed E-state index contributed by atoms with van der Waals surface area (Å²) in [6.45, 7) is 12.6. The van der Waals surface area contributed by atoms with Crippen LogP contribution >= 0.6 is 0 Å². The fraction of sp³-hybridized carbons (Fsp3) is 0.923. The van der Waals surface area contributed by atoms with Crippen LogP contribution in [0.5, 0.6) is 0 Å².